The highest BCUT2D eigenvalue weighted by atomic mass is 32.2. The van der Waals surface area contributed by atoms with Crippen molar-refractivity contribution in [2.24, 2.45) is 0 Å². The van der Waals surface area contributed by atoms with Crippen LogP contribution >= 0.6 is 11.8 Å². The van der Waals surface area contributed by atoms with E-state index >= 15 is 0 Å². The molecule has 0 saturated heterocycles. The summed E-state index contributed by atoms with van der Waals surface area (Å²) in [6, 6.07) is 6.07. The predicted octanol–water partition coefficient (Wildman–Crippen LogP) is 3.75. The van der Waals surface area contributed by atoms with E-state index in [1.54, 1.807) is 0 Å². The van der Waals surface area contributed by atoms with Crippen LogP contribution in [0.3, 0.4) is 0 Å². The fourth-order valence-corrected chi connectivity index (χ4v) is 3.14. The molecular weight excluding hydrogens is 334 g/mol. The molecule has 2 rings (SSSR count). The molecule has 5 nitrogen and oxygen atoms in total. The molecule has 0 spiro atoms. The van der Waals surface area contributed by atoms with Crippen molar-refractivity contribution < 1.29 is 9.21 Å². The van der Waals surface area contributed by atoms with Crippen molar-refractivity contribution >= 4 is 17.7 Å². The monoisotopic (exact) mass is 357 g/mol. The molecule has 1 aromatic heterocycles. The van der Waals surface area contributed by atoms with Gasteiger partial charge >= 0.3 is 0 Å². The van der Waals surface area contributed by atoms with E-state index < -0.39 is 5.54 Å². The normalized spacial score (nSPS) is 11.2. The van der Waals surface area contributed by atoms with Crippen molar-refractivity contribution in [3.8, 4) is 23.8 Å². The molecule has 0 aliphatic heterocycles. The number of thioether (sulfide) groups is 1. The Morgan fingerprint density at radius 3 is 2.44 bits per heavy atom. The van der Waals surface area contributed by atoms with Crippen LogP contribution in [0.1, 0.15) is 37.8 Å². The zero-order valence-corrected chi connectivity index (χ0v) is 15.9. The Kier molecular flexibility index (Phi) is 6.27. The van der Waals surface area contributed by atoms with Gasteiger partial charge in [0.25, 0.3) is 5.22 Å². The first-order valence-corrected chi connectivity index (χ1v) is 9.23. The lowest BCUT2D eigenvalue weighted by atomic mass is 9.94. The van der Waals surface area contributed by atoms with Crippen LogP contribution in [-0.4, -0.2) is 27.4 Å². The van der Waals surface area contributed by atoms with Gasteiger partial charge in [-0.1, -0.05) is 48.7 Å². The quantitative estimate of drug-likeness (QED) is 0.604. The smallest absolute Gasteiger partial charge is 0.277 e. The maximum Gasteiger partial charge on any atom is 0.277 e. The molecule has 0 fully saturated rings. The molecule has 0 unspecified atom stereocenters. The molecule has 1 N–H and O–H groups in total. The average Bonchev–Trinajstić information content (AvgIpc) is 3.06. The van der Waals surface area contributed by atoms with Crippen LogP contribution < -0.4 is 5.32 Å². The second-order valence-electron chi connectivity index (χ2n) is 6.02. The first kappa shape index (κ1) is 19.1. The molecule has 0 saturated carbocycles. The minimum Gasteiger partial charge on any atom is -0.411 e. The standard InChI is InChI=1S/C19H23N3O2S/c1-6-19(7-2,8-3)20-16(23)12-25-18-22-21-17(24-18)15-10-13(4)9-14(5)11-15/h1,9-11H,7-8,12H2,2-5H3,(H,20,23). The lowest BCUT2D eigenvalue weighted by Gasteiger charge is -2.26. The van der Waals surface area contributed by atoms with Gasteiger partial charge in [-0.05, 0) is 38.8 Å². The van der Waals surface area contributed by atoms with Crippen LogP contribution in [0.4, 0.5) is 0 Å². The Bertz CT molecular complexity index is 768. The van der Waals surface area contributed by atoms with Gasteiger partial charge in [0.2, 0.25) is 11.8 Å². The molecule has 0 radical (unpaired) electrons. The van der Waals surface area contributed by atoms with Crippen LogP contribution in [0.2, 0.25) is 0 Å². The van der Waals surface area contributed by atoms with Gasteiger partial charge in [-0.25, -0.2) is 0 Å². The van der Waals surface area contributed by atoms with Crippen molar-refractivity contribution in [2.75, 3.05) is 5.75 Å². The van der Waals surface area contributed by atoms with Crippen LogP contribution in [0, 0.1) is 26.2 Å². The number of aryl methyl sites for hydroxylation is 2. The third kappa shape index (κ3) is 4.86. The van der Waals surface area contributed by atoms with Crippen LogP contribution in [0.25, 0.3) is 11.5 Å². The molecule has 0 aliphatic rings. The molecule has 1 heterocycles. The summed E-state index contributed by atoms with van der Waals surface area (Å²) >= 11 is 1.20. The van der Waals surface area contributed by atoms with Crippen LogP contribution in [-0.2, 0) is 4.79 Å². The van der Waals surface area contributed by atoms with E-state index in [1.165, 1.54) is 11.8 Å². The number of hydrogen-bond donors (Lipinski definition) is 1. The van der Waals surface area contributed by atoms with E-state index in [0.717, 1.165) is 16.7 Å². The number of nitrogens with zero attached hydrogens (tertiary/aromatic N) is 2. The largest absolute Gasteiger partial charge is 0.411 e. The Hall–Kier alpha value is -2.26. The third-order valence-electron chi connectivity index (χ3n) is 4.06. The SMILES string of the molecule is C#CC(CC)(CC)NC(=O)CSc1nnc(-c2cc(C)cc(C)c2)o1. The molecule has 0 aliphatic carbocycles. The minimum atomic E-state index is -0.587. The van der Waals surface area contributed by atoms with Gasteiger partial charge in [0.05, 0.1) is 5.75 Å². The Morgan fingerprint density at radius 1 is 1.24 bits per heavy atom. The summed E-state index contributed by atoms with van der Waals surface area (Å²) in [5, 5.41) is 11.4. The number of benzene rings is 1. The first-order valence-electron chi connectivity index (χ1n) is 8.25. The van der Waals surface area contributed by atoms with Gasteiger partial charge in [-0.3, -0.25) is 4.79 Å². The Morgan fingerprint density at radius 2 is 1.88 bits per heavy atom. The van der Waals surface area contributed by atoms with Gasteiger partial charge in [-0.2, -0.15) is 0 Å². The van der Waals surface area contributed by atoms with Gasteiger partial charge in [0, 0.05) is 5.56 Å². The molecular formula is C19H23N3O2S. The summed E-state index contributed by atoms with van der Waals surface area (Å²) in [6.45, 7) is 7.97. The van der Waals surface area contributed by atoms with E-state index in [1.807, 2.05) is 39.8 Å². The highest BCUT2D eigenvalue weighted by Gasteiger charge is 2.25. The second-order valence-corrected chi connectivity index (χ2v) is 6.95. The number of hydrogen-bond acceptors (Lipinski definition) is 5. The van der Waals surface area contributed by atoms with E-state index in [2.05, 4.69) is 27.5 Å². The van der Waals surface area contributed by atoms with Crippen molar-refractivity contribution in [2.45, 2.75) is 51.3 Å². The summed E-state index contributed by atoms with van der Waals surface area (Å²) in [7, 11) is 0. The fraction of sp³-hybridized carbons (Fsp3) is 0.421. The predicted molar refractivity (Wildman–Crippen MR) is 100 cm³/mol. The van der Waals surface area contributed by atoms with Crippen LogP contribution in [0.15, 0.2) is 27.8 Å². The molecule has 1 aromatic carbocycles. The van der Waals surface area contributed by atoms with E-state index in [-0.39, 0.29) is 11.7 Å². The maximum absolute atomic E-state index is 12.2. The molecule has 25 heavy (non-hydrogen) atoms. The number of terminal acetylenes is 1. The van der Waals surface area contributed by atoms with Crippen molar-refractivity contribution in [3.63, 3.8) is 0 Å². The lowest BCUT2D eigenvalue weighted by molar-refractivity contribution is -0.119. The van der Waals surface area contributed by atoms with Gasteiger partial charge in [-0.15, -0.1) is 16.6 Å². The summed E-state index contributed by atoms with van der Waals surface area (Å²) in [6.07, 6.45) is 6.94. The summed E-state index contributed by atoms with van der Waals surface area (Å²) < 4.78 is 5.66. The Labute approximate surface area is 153 Å². The molecule has 0 atom stereocenters. The van der Waals surface area contributed by atoms with Crippen LogP contribution in [0.5, 0.6) is 0 Å². The number of nitrogens with one attached hydrogen (secondary N) is 1. The van der Waals surface area contributed by atoms with Gasteiger partial charge in [0.15, 0.2) is 0 Å². The topological polar surface area (TPSA) is 68.0 Å². The molecule has 1 amide bonds. The average molecular weight is 357 g/mol. The zero-order valence-electron chi connectivity index (χ0n) is 15.0. The highest BCUT2D eigenvalue weighted by molar-refractivity contribution is 7.99. The third-order valence-corrected chi connectivity index (χ3v) is 4.88. The number of aromatic nitrogens is 2. The van der Waals surface area contributed by atoms with E-state index in [9.17, 15) is 4.79 Å². The zero-order chi connectivity index (χ0) is 18.4. The molecule has 132 valence electrons. The molecule has 2 aromatic rings. The molecule has 6 heteroatoms. The summed E-state index contributed by atoms with van der Waals surface area (Å²) in [5.41, 5.74) is 2.55. The fourth-order valence-electron chi connectivity index (χ4n) is 2.58. The number of carbonyl (C=O) groups is 1. The maximum atomic E-state index is 12.2. The van der Waals surface area contributed by atoms with Gasteiger partial charge < -0.3 is 9.73 Å². The van der Waals surface area contributed by atoms with Crippen molar-refractivity contribution in [1.82, 2.24) is 15.5 Å². The van der Waals surface area contributed by atoms with E-state index in [0.29, 0.717) is 24.0 Å². The highest BCUT2D eigenvalue weighted by Crippen LogP contribution is 2.25. The minimum absolute atomic E-state index is 0.141. The van der Waals surface area contributed by atoms with E-state index in [4.69, 9.17) is 10.8 Å². The number of carbonyl (C=O) groups excluding carboxylic acids is 1. The first-order chi connectivity index (χ1) is 11.9. The number of amides is 1. The lowest BCUT2D eigenvalue weighted by Crippen LogP contribution is -2.47. The molecule has 0 bridgehead atoms. The summed E-state index contributed by atoms with van der Waals surface area (Å²) in [4.78, 5) is 12.2. The van der Waals surface area contributed by atoms with Crippen molar-refractivity contribution in [1.29, 1.82) is 0 Å². The van der Waals surface area contributed by atoms with Gasteiger partial charge in [0.1, 0.15) is 5.54 Å². The summed E-state index contributed by atoms with van der Waals surface area (Å²) in [5.74, 6) is 3.18. The second kappa shape index (κ2) is 8.21. The van der Waals surface area contributed by atoms with Crippen molar-refractivity contribution in [3.05, 3.63) is 29.3 Å². The number of rotatable bonds is 7. The Balaban J connectivity index is 2.00.